The van der Waals surface area contributed by atoms with Crippen LogP contribution in [-0.4, -0.2) is 30.8 Å². The Morgan fingerprint density at radius 3 is 2.40 bits per heavy atom. The highest BCUT2D eigenvalue weighted by molar-refractivity contribution is 7.99. The first-order chi connectivity index (χ1) is 16.8. The Morgan fingerprint density at radius 2 is 1.66 bits per heavy atom. The molecule has 0 fully saturated rings. The minimum Gasteiger partial charge on any atom is -0.325 e. The second-order valence-corrected chi connectivity index (χ2v) is 9.61. The first-order valence-corrected chi connectivity index (χ1v) is 12.3. The number of carbonyl (C=O) groups is 1. The largest absolute Gasteiger partial charge is 0.325 e. The molecule has 2 aromatic heterocycles. The predicted molar refractivity (Wildman–Crippen MR) is 141 cm³/mol. The molecule has 2 heterocycles. The van der Waals surface area contributed by atoms with E-state index in [0.29, 0.717) is 21.8 Å². The molecule has 0 saturated heterocycles. The van der Waals surface area contributed by atoms with Gasteiger partial charge in [-0.25, -0.2) is 4.57 Å². The average molecular weight is 484 g/mol. The summed E-state index contributed by atoms with van der Waals surface area (Å²) in [5.41, 5.74) is 6.25. The Hall–Kier alpha value is -3.91. The summed E-state index contributed by atoms with van der Waals surface area (Å²) >= 11 is 1.29. The molecule has 176 valence electrons. The highest BCUT2D eigenvalue weighted by atomic mass is 32.2. The lowest BCUT2D eigenvalue weighted by Crippen LogP contribution is -2.22. The van der Waals surface area contributed by atoms with Gasteiger partial charge >= 0.3 is 0 Å². The Kier molecular flexibility index (Phi) is 5.90. The molecule has 1 N–H and O–H groups in total. The van der Waals surface area contributed by atoms with Crippen molar-refractivity contribution in [1.29, 1.82) is 0 Å². The van der Waals surface area contributed by atoms with E-state index in [0.717, 1.165) is 33.6 Å². The van der Waals surface area contributed by atoms with Crippen LogP contribution in [0.2, 0.25) is 0 Å². The molecule has 0 aliphatic rings. The molecule has 5 rings (SSSR count). The van der Waals surface area contributed by atoms with Crippen LogP contribution in [0.5, 0.6) is 0 Å². The minimum absolute atomic E-state index is 0.129. The summed E-state index contributed by atoms with van der Waals surface area (Å²) in [6.45, 7) is 7.94. The molecule has 0 saturated carbocycles. The van der Waals surface area contributed by atoms with E-state index < -0.39 is 0 Å². The van der Waals surface area contributed by atoms with E-state index in [1.807, 2.05) is 86.7 Å². The zero-order chi connectivity index (χ0) is 24.7. The number of anilines is 1. The number of amides is 1. The lowest BCUT2D eigenvalue weighted by atomic mass is 10.1. The molecule has 0 aliphatic heterocycles. The zero-order valence-corrected chi connectivity index (χ0v) is 20.8. The maximum Gasteiger partial charge on any atom is 0.267 e. The van der Waals surface area contributed by atoms with E-state index in [-0.39, 0.29) is 17.2 Å². The highest BCUT2D eigenvalue weighted by Gasteiger charge is 2.19. The Bertz CT molecular complexity index is 1650. The number of thioether (sulfide) groups is 1. The molecule has 35 heavy (non-hydrogen) atoms. The molecule has 0 unspecified atom stereocenters. The molecule has 5 aromatic rings. The van der Waals surface area contributed by atoms with Gasteiger partial charge in [-0.1, -0.05) is 59.8 Å². The molecule has 7 nitrogen and oxygen atoms in total. The first kappa shape index (κ1) is 22.9. The normalized spacial score (nSPS) is 11.3. The summed E-state index contributed by atoms with van der Waals surface area (Å²) in [5, 5.41) is 12.9. The fourth-order valence-corrected chi connectivity index (χ4v) is 5.10. The second kappa shape index (κ2) is 9.03. The van der Waals surface area contributed by atoms with Crippen LogP contribution < -0.4 is 10.9 Å². The SMILES string of the molecule is Cc1ccc(-n2c(=O)c3ccccc3n3c(SCC(=O)Nc4c(C)cccc4C)nnc23)c(C)c1. The van der Waals surface area contributed by atoms with Gasteiger partial charge in [0.2, 0.25) is 11.7 Å². The number of benzene rings is 3. The number of rotatable bonds is 5. The first-order valence-electron chi connectivity index (χ1n) is 11.3. The number of fused-ring (bicyclic) bond motifs is 3. The van der Waals surface area contributed by atoms with Crippen molar-refractivity contribution in [1.82, 2.24) is 19.2 Å². The Morgan fingerprint density at radius 1 is 0.914 bits per heavy atom. The topological polar surface area (TPSA) is 81.3 Å². The van der Waals surface area contributed by atoms with Crippen molar-refractivity contribution >= 4 is 40.0 Å². The van der Waals surface area contributed by atoms with Gasteiger partial charge in [-0.05, 0) is 62.6 Å². The number of aromatic nitrogens is 4. The summed E-state index contributed by atoms with van der Waals surface area (Å²) in [6.07, 6.45) is 0. The van der Waals surface area contributed by atoms with Gasteiger partial charge in [-0.2, -0.15) is 0 Å². The molecule has 1 amide bonds. The summed E-state index contributed by atoms with van der Waals surface area (Å²) in [4.78, 5) is 26.3. The summed E-state index contributed by atoms with van der Waals surface area (Å²) in [7, 11) is 0. The van der Waals surface area contributed by atoms with Crippen LogP contribution in [0, 0.1) is 27.7 Å². The maximum atomic E-state index is 13.5. The lowest BCUT2D eigenvalue weighted by molar-refractivity contribution is -0.113. The second-order valence-electron chi connectivity index (χ2n) is 8.67. The van der Waals surface area contributed by atoms with Gasteiger partial charge in [0.25, 0.3) is 5.56 Å². The van der Waals surface area contributed by atoms with E-state index in [9.17, 15) is 9.59 Å². The third-order valence-electron chi connectivity index (χ3n) is 6.07. The fraction of sp³-hybridized carbons (Fsp3) is 0.185. The van der Waals surface area contributed by atoms with Gasteiger partial charge in [0.1, 0.15) is 0 Å². The maximum absolute atomic E-state index is 13.5. The van der Waals surface area contributed by atoms with Gasteiger partial charge < -0.3 is 5.32 Å². The molecule has 0 atom stereocenters. The molecule has 8 heteroatoms. The van der Waals surface area contributed by atoms with Gasteiger partial charge in [0.15, 0.2) is 5.16 Å². The minimum atomic E-state index is -0.156. The van der Waals surface area contributed by atoms with Gasteiger partial charge in [0, 0.05) is 5.69 Å². The Labute approximate surface area is 206 Å². The molecule has 0 bridgehead atoms. The van der Waals surface area contributed by atoms with Crippen molar-refractivity contribution in [3.05, 3.63) is 93.3 Å². The molecular weight excluding hydrogens is 458 g/mol. The zero-order valence-electron chi connectivity index (χ0n) is 20.0. The van der Waals surface area contributed by atoms with E-state index >= 15 is 0 Å². The Balaban J connectivity index is 1.57. The smallest absolute Gasteiger partial charge is 0.267 e. The van der Waals surface area contributed by atoms with Gasteiger partial charge in [0.05, 0.1) is 22.3 Å². The van der Waals surface area contributed by atoms with Crippen molar-refractivity contribution in [2.75, 3.05) is 11.1 Å². The van der Waals surface area contributed by atoms with Crippen LogP contribution in [0.15, 0.2) is 70.6 Å². The number of aryl methyl sites for hydroxylation is 4. The predicted octanol–water partition coefficient (Wildman–Crippen LogP) is 5.00. The average Bonchev–Trinajstić information content (AvgIpc) is 3.25. The van der Waals surface area contributed by atoms with Crippen molar-refractivity contribution in [2.24, 2.45) is 0 Å². The van der Waals surface area contributed by atoms with Crippen LogP contribution in [0.25, 0.3) is 22.4 Å². The van der Waals surface area contributed by atoms with E-state index in [4.69, 9.17) is 0 Å². The standard InChI is InChI=1S/C27H25N5O2S/c1-16-12-13-21(19(4)14-16)31-25(34)20-10-5-6-11-22(20)32-26(31)29-30-27(32)35-15-23(33)28-24-17(2)8-7-9-18(24)3/h5-14H,15H2,1-4H3,(H,28,33). The van der Waals surface area contributed by atoms with Crippen LogP contribution in [0.4, 0.5) is 5.69 Å². The number of nitrogens with one attached hydrogen (secondary N) is 1. The highest BCUT2D eigenvalue weighted by Crippen LogP contribution is 2.25. The van der Waals surface area contributed by atoms with Gasteiger partial charge in [-0.3, -0.25) is 14.0 Å². The van der Waals surface area contributed by atoms with Crippen molar-refractivity contribution < 1.29 is 4.79 Å². The van der Waals surface area contributed by atoms with Crippen molar-refractivity contribution in [3.63, 3.8) is 0 Å². The number of nitrogens with zero attached hydrogens (tertiary/aromatic N) is 4. The fourth-order valence-electron chi connectivity index (χ4n) is 4.36. The summed E-state index contributed by atoms with van der Waals surface area (Å²) in [6, 6.07) is 19.3. The summed E-state index contributed by atoms with van der Waals surface area (Å²) < 4.78 is 3.46. The molecule has 0 radical (unpaired) electrons. The van der Waals surface area contributed by atoms with Gasteiger partial charge in [-0.15, -0.1) is 10.2 Å². The van der Waals surface area contributed by atoms with E-state index in [2.05, 4.69) is 15.5 Å². The monoisotopic (exact) mass is 483 g/mol. The van der Waals surface area contributed by atoms with Crippen LogP contribution in [0.1, 0.15) is 22.3 Å². The van der Waals surface area contributed by atoms with E-state index in [1.165, 1.54) is 11.8 Å². The van der Waals surface area contributed by atoms with E-state index in [1.54, 1.807) is 10.6 Å². The van der Waals surface area contributed by atoms with Crippen LogP contribution >= 0.6 is 11.8 Å². The number of para-hydroxylation sites is 2. The van der Waals surface area contributed by atoms with Crippen LogP contribution in [-0.2, 0) is 4.79 Å². The van der Waals surface area contributed by atoms with Crippen molar-refractivity contribution in [3.8, 4) is 5.69 Å². The van der Waals surface area contributed by atoms with Crippen LogP contribution in [0.3, 0.4) is 0 Å². The third-order valence-corrected chi connectivity index (χ3v) is 6.99. The number of carbonyl (C=O) groups excluding carboxylic acids is 1. The number of hydrogen-bond acceptors (Lipinski definition) is 5. The molecular formula is C27H25N5O2S. The third kappa shape index (κ3) is 4.10. The summed E-state index contributed by atoms with van der Waals surface area (Å²) in [5.74, 6) is 0.445. The number of hydrogen-bond donors (Lipinski definition) is 1. The molecule has 3 aromatic carbocycles. The lowest BCUT2D eigenvalue weighted by Gasteiger charge is -2.14. The molecule has 0 spiro atoms. The molecule has 0 aliphatic carbocycles. The quantitative estimate of drug-likeness (QED) is 0.356. The van der Waals surface area contributed by atoms with Crippen molar-refractivity contribution in [2.45, 2.75) is 32.9 Å².